The zero-order valence-electron chi connectivity index (χ0n) is 10.4. The van der Waals surface area contributed by atoms with Gasteiger partial charge < -0.3 is 5.32 Å². The first-order valence-corrected chi connectivity index (χ1v) is 7.94. The first-order valence-electron chi connectivity index (χ1n) is 5.59. The first-order chi connectivity index (χ1) is 8.08. The Labute approximate surface area is 116 Å². The molecular weight excluding hydrogens is 298 g/mol. The number of benzene rings is 1. The maximum absolute atomic E-state index is 12.0. The Morgan fingerprint density at radius 1 is 1.35 bits per heavy atom. The summed E-state index contributed by atoms with van der Waals surface area (Å²) < 4.78 is 0. The molecule has 0 saturated heterocycles. The third-order valence-electron chi connectivity index (χ3n) is 2.64. The fraction of sp³-hybridized carbons (Fsp3) is 0.462. The Morgan fingerprint density at radius 2 is 1.94 bits per heavy atom. The van der Waals surface area contributed by atoms with Gasteiger partial charge in [-0.15, -0.1) is 11.8 Å². The molecule has 1 rings (SSSR count). The summed E-state index contributed by atoms with van der Waals surface area (Å²) in [5.41, 5.74) is 0.717. The van der Waals surface area contributed by atoms with Crippen molar-refractivity contribution in [2.75, 3.05) is 11.6 Å². The van der Waals surface area contributed by atoms with Crippen LogP contribution in [-0.2, 0) is 0 Å². The molecule has 94 valence electrons. The SMILES string of the molecule is CSc1ccc(C(=O)NC(CBr)C(C)C)cc1. The molecular formula is C13H18BrNOS. The summed E-state index contributed by atoms with van der Waals surface area (Å²) in [6.45, 7) is 4.20. The predicted molar refractivity (Wildman–Crippen MR) is 78.1 cm³/mol. The van der Waals surface area contributed by atoms with Gasteiger partial charge in [0.15, 0.2) is 0 Å². The third-order valence-corrected chi connectivity index (χ3v) is 4.08. The number of carbonyl (C=O) groups is 1. The van der Waals surface area contributed by atoms with Crippen LogP contribution >= 0.6 is 27.7 Å². The highest BCUT2D eigenvalue weighted by Gasteiger charge is 2.15. The van der Waals surface area contributed by atoms with Gasteiger partial charge in [-0.3, -0.25) is 4.79 Å². The molecule has 1 atom stereocenters. The number of alkyl halides is 1. The lowest BCUT2D eigenvalue weighted by Crippen LogP contribution is -2.39. The summed E-state index contributed by atoms with van der Waals surface area (Å²) in [7, 11) is 0. The summed E-state index contributed by atoms with van der Waals surface area (Å²) >= 11 is 5.10. The summed E-state index contributed by atoms with van der Waals surface area (Å²) in [6, 6.07) is 7.85. The van der Waals surface area contributed by atoms with Crippen molar-refractivity contribution in [2.24, 2.45) is 5.92 Å². The van der Waals surface area contributed by atoms with Gasteiger partial charge in [0.1, 0.15) is 0 Å². The number of carbonyl (C=O) groups excluding carboxylic acids is 1. The zero-order valence-corrected chi connectivity index (χ0v) is 12.8. The number of hydrogen-bond donors (Lipinski definition) is 1. The molecule has 17 heavy (non-hydrogen) atoms. The summed E-state index contributed by atoms with van der Waals surface area (Å²) in [5, 5.41) is 3.80. The average Bonchev–Trinajstić information content (AvgIpc) is 2.35. The van der Waals surface area contributed by atoms with E-state index in [2.05, 4.69) is 35.1 Å². The van der Waals surface area contributed by atoms with E-state index < -0.39 is 0 Å². The fourth-order valence-electron chi connectivity index (χ4n) is 1.38. The molecule has 0 aliphatic heterocycles. The van der Waals surface area contributed by atoms with Gasteiger partial charge in [-0.25, -0.2) is 0 Å². The van der Waals surface area contributed by atoms with Crippen molar-refractivity contribution < 1.29 is 4.79 Å². The second kappa shape index (κ2) is 7.07. The molecule has 1 N–H and O–H groups in total. The van der Waals surface area contributed by atoms with Crippen molar-refractivity contribution in [3.05, 3.63) is 29.8 Å². The summed E-state index contributed by atoms with van der Waals surface area (Å²) in [4.78, 5) is 13.1. The van der Waals surface area contributed by atoms with Crippen LogP contribution in [0.3, 0.4) is 0 Å². The fourth-order valence-corrected chi connectivity index (χ4v) is 2.70. The van der Waals surface area contributed by atoms with E-state index in [1.54, 1.807) is 11.8 Å². The van der Waals surface area contributed by atoms with Crippen LogP contribution in [0.5, 0.6) is 0 Å². The third kappa shape index (κ3) is 4.36. The molecule has 4 heteroatoms. The summed E-state index contributed by atoms with van der Waals surface area (Å²) in [6.07, 6.45) is 2.02. The number of thioether (sulfide) groups is 1. The Bertz CT molecular complexity index is 364. The van der Waals surface area contributed by atoms with E-state index in [1.807, 2.05) is 30.5 Å². The van der Waals surface area contributed by atoms with Crippen LogP contribution in [-0.4, -0.2) is 23.5 Å². The normalized spacial score (nSPS) is 12.5. The van der Waals surface area contributed by atoms with Crippen molar-refractivity contribution in [3.63, 3.8) is 0 Å². The summed E-state index contributed by atoms with van der Waals surface area (Å²) in [5.74, 6) is 0.416. The topological polar surface area (TPSA) is 29.1 Å². The van der Waals surface area contributed by atoms with Crippen molar-refractivity contribution in [3.8, 4) is 0 Å². The van der Waals surface area contributed by atoms with E-state index in [0.29, 0.717) is 5.92 Å². The molecule has 1 amide bonds. The molecule has 0 radical (unpaired) electrons. The average molecular weight is 316 g/mol. The van der Waals surface area contributed by atoms with Gasteiger partial charge in [0.25, 0.3) is 5.91 Å². The number of amides is 1. The quantitative estimate of drug-likeness (QED) is 0.665. The predicted octanol–water partition coefficient (Wildman–Crippen LogP) is 3.56. The number of rotatable bonds is 5. The minimum Gasteiger partial charge on any atom is -0.348 e. The highest BCUT2D eigenvalue weighted by Crippen LogP contribution is 2.15. The van der Waals surface area contributed by atoms with Crippen molar-refractivity contribution in [2.45, 2.75) is 24.8 Å². The largest absolute Gasteiger partial charge is 0.348 e. The van der Waals surface area contributed by atoms with Crippen molar-refractivity contribution in [1.82, 2.24) is 5.32 Å². The maximum atomic E-state index is 12.0. The molecule has 0 aromatic heterocycles. The molecule has 1 aromatic rings. The lowest BCUT2D eigenvalue weighted by molar-refractivity contribution is 0.0931. The van der Waals surface area contributed by atoms with E-state index in [-0.39, 0.29) is 11.9 Å². The highest BCUT2D eigenvalue weighted by molar-refractivity contribution is 9.09. The Kier molecular flexibility index (Phi) is 6.06. The zero-order chi connectivity index (χ0) is 12.8. The smallest absolute Gasteiger partial charge is 0.251 e. The molecule has 0 fully saturated rings. The molecule has 1 unspecified atom stereocenters. The molecule has 0 spiro atoms. The van der Waals surface area contributed by atoms with E-state index in [4.69, 9.17) is 0 Å². The minimum atomic E-state index is -0.00389. The molecule has 0 aliphatic rings. The second-order valence-corrected chi connectivity index (χ2v) is 5.73. The van der Waals surface area contributed by atoms with Gasteiger partial charge in [0.05, 0.1) is 0 Å². The molecule has 2 nitrogen and oxygen atoms in total. The Balaban J connectivity index is 2.68. The second-order valence-electron chi connectivity index (χ2n) is 4.21. The van der Waals surface area contributed by atoms with Crippen molar-refractivity contribution >= 4 is 33.6 Å². The van der Waals surface area contributed by atoms with Gasteiger partial charge in [-0.2, -0.15) is 0 Å². The van der Waals surface area contributed by atoms with Crippen LogP contribution in [0, 0.1) is 5.92 Å². The van der Waals surface area contributed by atoms with Crippen LogP contribution in [0.15, 0.2) is 29.2 Å². The van der Waals surface area contributed by atoms with Gasteiger partial charge in [-0.05, 0) is 36.4 Å². The van der Waals surface area contributed by atoms with Gasteiger partial charge in [0.2, 0.25) is 0 Å². The van der Waals surface area contributed by atoms with Crippen LogP contribution in [0.1, 0.15) is 24.2 Å². The lowest BCUT2D eigenvalue weighted by atomic mass is 10.1. The van der Waals surface area contributed by atoms with E-state index in [9.17, 15) is 4.79 Å². The van der Waals surface area contributed by atoms with Gasteiger partial charge in [-0.1, -0.05) is 29.8 Å². The molecule has 0 aliphatic carbocycles. The molecule has 1 aromatic carbocycles. The minimum absolute atomic E-state index is 0.00389. The Morgan fingerprint density at radius 3 is 2.35 bits per heavy atom. The number of nitrogens with one attached hydrogen (secondary N) is 1. The van der Waals surface area contributed by atoms with Crippen LogP contribution in [0.2, 0.25) is 0 Å². The van der Waals surface area contributed by atoms with Crippen LogP contribution in [0.25, 0.3) is 0 Å². The standard InChI is InChI=1S/C13H18BrNOS/c1-9(2)12(8-14)15-13(16)10-4-6-11(17-3)7-5-10/h4-7,9,12H,8H2,1-3H3,(H,15,16). The number of halogens is 1. The lowest BCUT2D eigenvalue weighted by Gasteiger charge is -2.19. The van der Waals surface area contributed by atoms with Gasteiger partial charge in [0, 0.05) is 21.8 Å². The van der Waals surface area contributed by atoms with E-state index in [1.165, 1.54) is 4.90 Å². The number of hydrogen-bond acceptors (Lipinski definition) is 2. The molecule has 0 heterocycles. The highest BCUT2D eigenvalue weighted by atomic mass is 79.9. The molecule has 0 bridgehead atoms. The Hall–Kier alpha value is -0.480. The van der Waals surface area contributed by atoms with Crippen LogP contribution < -0.4 is 5.32 Å². The maximum Gasteiger partial charge on any atom is 0.251 e. The first kappa shape index (κ1) is 14.6. The van der Waals surface area contributed by atoms with E-state index in [0.717, 1.165) is 10.9 Å². The monoisotopic (exact) mass is 315 g/mol. The van der Waals surface area contributed by atoms with Crippen molar-refractivity contribution in [1.29, 1.82) is 0 Å². The van der Waals surface area contributed by atoms with Crippen LogP contribution in [0.4, 0.5) is 0 Å². The molecule has 0 saturated carbocycles. The van der Waals surface area contributed by atoms with Gasteiger partial charge >= 0.3 is 0 Å². The van der Waals surface area contributed by atoms with E-state index >= 15 is 0 Å².